The Morgan fingerprint density at radius 3 is 2.71 bits per heavy atom. The molecule has 2 N–H and O–H groups in total. The van der Waals surface area contributed by atoms with Crippen molar-refractivity contribution in [2.45, 2.75) is 11.4 Å². The predicted octanol–water partition coefficient (Wildman–Crippen LogP) is 0.351. The zero-order valence-corrected chi connectivity index (χ0v) is 12.6. The molecule has 0 aliphatic heterocycles. The third-order valence-corrected chi connectivity index (χ3v) is 4.76. The van der Waals surface area contributed by atoms with E-state index in [4.69, 9.17) is 18.0 Å². The lowest BCUT2D eigenvalue weighted by atomic mass is 10.2. The van der Waals surface area contributed by atoms with Gasteiger partial charge in [0.2, 0.25) is 0 Å². The largest absolute Gasteiger partial charge is 0.389 e. The zero-order valence-electron chi connectivity index (χ0n) is 11.0. The summed E-state index contributed by atoms with van der Waals surface area (Å²) in [5.74, 6) is -0.231. The number of aromatic nitrogens is 2. The van der Waals surface area contributed by atoms with Crippen molar-refractivity contribution in [3.05, 3.63) is 58.5 Å². The van der Waals surface area contributed by atoms with Crippen LogP contribution in [0.1, 0.15) is 5.56 Å². The lowest BCUT2D eigenvalue weighted by Crippen LogP contribution is -2.25. The smallest absolute Gasteiger partial charge is 0.266 e. The number of rotatable bonds is 5. The quantitative estimate of drug-likeness (QED) is 0.798. The van der Waals surface area contributed by atoms with Gasteiger partial charge in [-0.05, 0) is 18.2 Å². The summed E-state index contributed by atoms with van der Waals surface area (Å²) >= 11 is 4.83. The maximum Gasteiger partial charge on any atom is 0.266 e. The van der Waals surface area contributed by atoms with Gasteiger partial charge in [0.1, 0.15) is 4.99 Å². The minimum absolute atomic E-state index is 0.0146. The molecule has 1 aromatic heterocycles. The molecule has 0 unspecified atom stereocenters. The monoisotopic (exact) mass is 323 g/mol. The molecule has 2 rings (SSSR count). The highest BCUT2D eigenvalue weighted by Crippen LogP contribution is 2.13. The first-order valence-corrected chi connectivity index (χ1v) is 8.11. The van der Waals surface area contributed by atoms with Crippen LogP contribution in [0.3, 0.4) is 0 Å². The summed E-state index contributed by atoms with van der Waals surface area (Å²) in [6.07, 6.45) is 1.43. The van der Waals surface area contributed by atoms with Gasteiger partial charge in [-0.1, -0.05) is 24.4 Å². The van der Waals surface area contributed by atoms with Crippen LogP contribution in [-0.4, -0.2) is 28.9 Å². The first kappa shape index (κ1) is 15.3. The van der Waals surface area contributed by atoms with Crippen molar-refractivity contribution in [2.75, 3.05) is 5.75 Å². The van der Waals surface area contributed by atoms with E-state index in [-0.39, 0.29) is 27.7 Å². The molecular formula is C13H13N3O3S2. The van der Waals surface area contributed by atoms with Gasteiger partial charge in [0.05, 0.1) is 17.2 Å². The third-order valence-electron chi connectivity index (χ3n) is 2.83. The van der Waals surface area contributed by atoms with Crippen molar-refractivity contribution in [3.8, 4) is 0 Å². The van der Waals surface area contributed by atoms with Gasteiger partial charge in [-0.15, -0.1) is 0 Å². The van der Waals surface area contributed by atoms with Crippen LogP contribution in [0.25, 0.3) is 0 Å². The number of hydrogen-bond donors (Lipinski definition) is 1. The minimum Gasteiger partial charge on any atom is -0.389 e. The van der Waals surface area contributed by atoms with Crippen LogP contribution in [0.5, 0.6) is 0 Å². The molecule has 0 aliphatic rings. The molecule has 0 radical (unpaired) electrons. The summed E-state index contributed by atoms with van der Waals surface area (Å²) in [5.41, 5.74) is 5.64. The molecule has 0 fully saturated rings. The van der Waals surface area contributed by atoms with E-state index in [2.05, 4.69) is 5.10 Å². The predicted molar refractivity (Wildman–Crippen MR) is 82.9 cm³/mol. The van der Waals surface area contributed by atoms with E-state index >= 15 is 0 Å². The summed E-state index contributed by atoms with van der Waals surface area (Å²) in [6.45, 7) is -0.0146. The van der Waals surface area contributed by atoms with Crippen molar-refractivity contribution < 1.29 is 8.42 Å². The van der Waals surface area contributed by atoms with E-state index in [0.29, 0.717) is 5.56 Å². The lowest BCUT2D eigenvalue weighted by molar-refractivity contribution is 0.571. The molecule has 2 aromatic rings. The summed E-state index contributed by atoms with van der Waals surface area (Å²) in [6, 6.07) is 8.95. The Balaban J connectivity index is 2.23. The highest BCUT2D eigenvalue weighted by Gasteiger charge is 2.16. The summed E-state index contributed by atoms with van der Waals surface area (Å²) < 4.78 is 25.6. The van der Waals surface area contributed by atoms with Crippen LogP contribution in [0.2, 0.25) is 0 Å². The first-order valence-electron chi connectivity index (χ1n) is 6.05. The van der Waals surface area contributed by atoms with Gasteiger partial charge in [-0.25, -0.2) is 13.1 Å². The molecule has 110 valence electrons. The van der Waals surface area contributed by atoms with Gasteiger partial charge < -0.3 is 5.73 Å². The molecule has 0 aliphatic carbocycles. The van der Waals surface area contributed by atoms with E-state index in [1.165, 1.54) is 30.5 Å². The maximum atomic E-state index is 12.3. The highest BCUT2D eigenvalue weighted by molar-refractivity contribution is 7.91. The minimum atomic E-state index is -3.55. The SMILES string of the molecule is NC(=S)c1cccc(S(=O)(=O)CCn2ncccc2=O)c1. The fourth-order valence-electron chi connectivity index (χ4n) is 1.72. The van der Waals surface area contributed by atoms with E-state index in [9.17, 15) is 13.2 Å². The molecule has 0 saturated heterocycles. The number of nitrogens with zero attached hydrogens (tertiary/aromatic N) is 2. The van der Waals surface area contributed by atoms with Gasteiger partial charge in [0, 0.05) is 17.8 Å². The molecule has 6 nitrogen and oxygen atoms in total. The molecule has 0 bridgehead atoms. The Labute approximate surface area is 127 Å². The molecule has 1 heterocycles. The Morgan fingerprint density at radius 2 is 2.05 bits per heavy atom. The average molecular weight is 323 g/mol. The summed E-state index contributed by atoms with van der Waals surface area (Å²) in [7, 11) is -3.55. The van der Waals surface area contributed by atoms with Crippen molar-refractivity contribution in [3.63, 3.8) is 0 Å². The van der Waals surface area contributed by atoms with Gasteiger partial charge >= 0.3 is 0 Å². The number of hydrogen-bond acceptors (Lipinski definition) is 5. The first-order chi connectivity index (χ1) is 9.90. The van der Waals surface area contributed by atoms with Gasteiger partial charge in [0.25, 0.3) is 5.56 Å². The molecule has 0 saturated carbocycles. The maximum absolute atomic E-state index is 12.3. The van der Waals surface area contributed by atoms with E-state index in [0.717, 1.165) is 4.68 Å². The van der Waals surface area contributed by atoms with Crippen molar-refractivity contribution >= 4 is 27.0 Å². The van der Waals surface area contributed by atoms with Gasteiger partial charge in [-0.2, -0.15) is 5.10 Å². The molecule has 0 amide bonds. The van der Waals surface area contributed by atoms with Gasteiger partial charge in [0.15, 0.2) is 9.84 Å². The zero-order chi connectivity index (χ0) is 15.5. The third kappa shape index (κ3) is 3.73. The topological polar surface area (TPSA) is 95.1 Å². The van der Waals surface area contributed by atoms with Crippen LogP contribution >= 0.6 is 12.2 Å². The second kappa shape index (κ2) is 6.15. The van der Waals surface area contributed by atoms with Crippen molar-refractivity contribution in [2.24, 2.45) is 5.73 Å². The summed E-state index contributed by atoms with van der Waals surface area (Å²) in [4.78, 5) is 11.7. The Morgan fingerprint density at radius 1 is 1.29 bits per heavy atom. The van der Waals surface area contributed by atoms with Crippen LogP contribution in [0, 0.1) is 0 Å². The molecule has 8 heteroatoms. The van der Waals surface area contributed by atoms with E-state index < -0.39 is 9.84 Å². The van der Waals surface area contributed by atoms with Crippen molar-refractivity contribution in [1.82, 2.24) is 9.78 Å². The average Bonchev–Trinajstić information content (AvgIpc) is 2.46. The standard InChI is InChI=1S/C13H13N3O3S2/c14-13(20)10-3-1-4-11(9-10)21(18,19)8-7-16-12(17)5-2-6-15-16/h1-6,9H,7-8H2,(H2,14,20). The van der Waals surface area contributed by atoms with Crippen LogP contribution in [0.15, 0.2) is 52.3 Å². The Kier molecular flexibility index (Phi) is 4.49. The van der Waals surface area contributed by atoms with Crippen LogP contribution in [-0.2, 0) is 16.4 Å². The highest BCUT2D eigenvalue weighted by atomic mass is 32.2. The molecular weight excluding hydrogens is 310 g/mol. The number of thiocarbonyl (C=S) groups is 1. The van der Waals surface area contributed by atoms with Crippen LogP contribution in [0.4, 0.5) is 0 Å². The second-order valence-corrected chi connectivity index (χ2v) is 6.84. The van der Waals surface area contributed by atoms with Gasteiger partial charge in [-0.3, -0.25) is 4.79 Å². The number of benzene rings is 1. The fraction of sp³-hybridized carbons (Fsp3) is 0.154. The van der Waals surface area contributed by atoms with E-state index in [1.807, 2.05) is 0 Å². The number of aryl methyl sites for hydroxylation is 1. The lowest BCUT2D eigenvalue weighted by Gasteiger charge is -2.07. The Hall–Kier alpha value is -2.06. The van der Waals surface area contributed by atoms with Crippen molar-refractivity contribution in [1.29, 1.82) is 0 Å². The van der Waals surface area contributed by atoms with Crippen LogP contribution < -0.4 is 11.3 Å². The van der Waals surface area contributed by atoms with E-state index in [1.54, 1.807) is 12.1 Å². The summed E-state index contributed by atoms with van der Waals surface area (Å²) in [5, 5.41) is 3.82. The molecule has 0 spiro atoms. The Bertz CT molecular complexity index is 828. The molecule has 0 atom stereocenters. The molecule has 21 heavy (non-hydrogen) atoms. The second-order valence-electron chi connectivity index (χ2n) is 4.30. The fourth-order valence-corrected chi connectivity index (χ4v) is 3.09. The normalized spacial score (nSPS) is 11.2. The number of nitrogens with two attached hydrogens (primary N) is 1. The molecule has 1 aromatic carbocycles. The number of sulfone groups is 1.